The van der Waals surface area contributed by atoms with Crippen LogP contribution < -0.4 is 11.2 Å². The predicted molar refractivity (Wildman–Crippen MR) is 86.3 cm³/mol. The van der Waals surface area contributed by atoms with Gasteiger partial charge in [-0.2, -0.15) is 0 Å². The van der Waals surface area contributed by atoms with Crippen molar-refractivity contribution in [2.24, 2.45) is 7.05 Å². The van der Waals surface area contributed by atoms with Crippen molar-refractivity contribution in [3.05, 3.63) is 31.9 Å². The van der Waals surface area contributed by atoms with Crippen LogP contribution >= 0.6 is 23.4 Å². The minimum atomic E-state index is -0.464. The van der Waals surface area contributed by atoms with Crippen molar-refractivity contribution in [1.29, 1.82) is 0 Å². The molecule has 8 heteroatoms. The Morgan fingerprint density at radius 3 is 2.71 bits per heavy atom. The molecule has 0 unspecified atom stereocenters. The number of rotatable bonds is 4. The Balaban J connectivity index is 2.66. The lowest BCUT2D eigenvalue weighted by Gasteiger charge is -2.11. The van der Waals surface area contributed by atoms with Gasteiger partial charge in [-0.05, 0) is 20.8 Å². The number of fused-ring (bicyclic) bond motifs is 1. The largest absolute Gasteiger partial charge is 0.329 e. The first-order valence-corrected chi connectivity index (χ1v) is 7.85. The summed E-state index contributed by atoms with van der Waals surface area (Å²) in [5, 5.41) is 1.40. The molecule has 2 rings (SSSR count). The average molecular weight is 329 g/mol. The van der Waals surface area contributed by atoms with Crippen LogP contribution in [0, 0.1) is 0 Å². The van der Waals surface area contributed by atoms with Gasteiger partial charge in [-0.1, -0.05) is 29.4 Å². The second-order valence-corrected chi connectivity index (χ2v) is 6.53. The number of aromatic nitrogens is 4. The molecule has 6 nitrogen and oxygen atoms in total. The van der Waals surface area contributed by atoms with E-state index in [2.05, 4.69) is 9.97 Å². The molecule has 0 atom stereocenters. The zero-order chi connectivity index (χ0) is 15.7. The number of hydrogen-bond acceptors (Lipinski definition) is 4. The van der Waals surface area contributed by atoms with Crippen LogP contribution in [0.5, 0.6) is 0 Å². The van der Waals surface area contributed by atoms with Crippen molar-refractivity contribution < 1.29 is 0 Å². The Bertz CT molecular complexity index is 812. The number of aromatic amines is 1. The molecule has 0 radical (unpaired) electrons. The van der Waals surface area contributed by atoms with Crippen LogP contribution in [0.4, 0.5) is 0 Å². The number of allylic oxidation sites excluding steroid dienone is 1. The van der Waals surface area contributed by atoms with Crippen molar-refractivity contribution in [2.45, 2.75) is 32.0 Å². The lowest BCUT2D eigenvalue weighted by Crippen LogP contribution is -2.29. The van der Waals surface area contributed by atoms with Crippen LogP contribution in [0.2, 0.25) is 0 Å². The quantitative estimate of drug-likeness (QED) is 0.874. The summed E-state index contributed by atoms with van der Waals surface area (Å²) in [5.41, 5.74) is -0.0631. The van der Waals surface area contributed by atoms with Gasteiger partial charge in [0.05, 0.1) is 0 Å². The average Bonchev–Trinajstić information content (AvgIpc) is 2.76. The molecule has 21 heavy (non-hydrogen) atoms. The van der Waals surface area contributed by atoms with E-state index in [1.165, 1.54) is 16.3 Å². The Kier molecular flexibility index (Phi) is 4.63. The van der Waals surface area contributed by atoms with E-state index >= 15 is 0 Å². The molecule has 0 saturated carbocycles. The molecule has 2 aromatic rings. The fourth-order valence-electron chi connectivity index (χ4n) is 1.99. The highest BCUT2D eigenvalue weighted by Gasteiger charge is 2.18. The van der Waals surface area contributed by atoms with E-state index in [0.717, 1.165) is 0 Å². The molecule has 1 N–H and O–H groups in total. The maximum absolute atomic E-state index is 12.1. The molecular formula is C13H17ClN4O2S. The third kappa shape index (κ3) is 3.08. The second-order valence-electron chi connectivity index (χ2n) is 4.95. The summed E-state index contributed by atoms with van der Waals surface area (Å²) in [6.07, 6.45) is 1.87. The minimum absolute atomic E-state index is 0.0529. The van der Waals surface area contributed by atoms with Gasteiger partial charge >= 0.3 is 5.69 Å². The van der Waals surface area contributed by atoms with Gasteiger partial charge in [0.15, 0.2) is 16.3 Å². The Labute approximate surface area is 130 Å². The maximum Gasteiger partial charge on any atom is 0.329 e. The van der Waals surface area contributed by atoms with Crippen molar-refractivity contribution in [2.75, 3.05) is 5.75 Å². The zero-order valence-corrected chi connectivity index (χ0v) is 13.9. The Hall–Kier alpha value is -1.47. The highest BCUT2D eigenvalue weighted by molar-refractivity contribution is 7.99. The predicted octanol–water partition coefficient (Wildman–Crippen LogP) is 2.24. The van der Waals surface area contributed by atoms with E-state index in [1.807, 2.05) is 31.4 Å². The first kappa shape index (κ1) is 15.9. The van der Waals surface area contributed by atoms with Crippen LogP contribution in [-0.4, -0.2) is 24.9 Å². The molecule has 2 aromatic heterocycles. The number of nitrogens with one attached hydrogen (secondary N) is 1. The number of imidazole rings is 1. The van der Waals surface area contributed by atoms with Crippen LogP contribution in [0.1, 0.15) is 26.8 Å². The summed E-state index contributed by atoms with van der Waals surface area (Å²) in [6.45, 7) is 5.75. The van der Waals surface area contributed by atoms with Gasteiger partial charge in [0.25, 0.3) is 5.56 Å². The topological polar surface area (TPSA) is 72.7 Å². The molecule has 0 amide bonds. The lowest BCUT2D eigenvalue weighted by molar-refractivity contribution is 0.565. The number of hydrogen-bond donors (Lipinski definition) is 1. The van der Waals surface area contributed by atoms with E-state index in [-0.39, 0.29) is 6.04 Å². The summed E-state index contributed by atoms with van der Waals surface area (Å²) < 4.78 is 3.19. The third-order valence-electron chi connectivity index (χ3n) is 3.01. The zero-order valence-electron chi connectivity index (χ0n) is 12.3. The van der Waals surface area contributed by atoms with Crippen molar-refractivity contribution >= 4 is 34.5 Å². The molecule has 0 aliphatic heterocycles. The fraction of sp³-hybridized carbons (Fsp3) is 0.462. The molecule has 2 heterocycles. The maximum atomic E-state index is 12.1. The summed E-state index contributed by atoms with van der Waals surface area (Å²) in [6, 6.07) is 0.0529. The van der Waals surface area contributed by atoms with Gasteiger partial charge < -0.3 is 4.57 Å². The third-order valence-corrected chi connectivity index (χ3v) is 4.05. The Morgan fingerprint density at radius 2 is 2.14 bits per heavy atom. The van der Waals surface area contributed by atoms with Crippen LogP contribution in [-0.2, 0) is 7.05 Å². The highest BCUT2D eigenvalue weighted by atomic mass is 35.5. The molecule has 0 aliphatic rings. The summed E-state index contributed by atoms with van der Waals surface area (Å²) >= 11 is 7.29. The lowest BCUT2D eigenvalue weighted by atomic mass is 10.4. The SMILES string of the molecule is C/C(Cl)=C\CSc1nc2c(c(=O)[nH]c(=O)n2C)n1C(C)C. The fourth-order valence-corrected chi connectivity index (χ4v) is 3.24. The van der Waals surface area contributed by atoms with Gasteiger partial charge in [0.2, 0.25) is 0 Å². The normalized spacial score (nSPS) is 12.6. The van der Waals surface area contributed by atoms with Crippen LogP contribution in [0.3, 0.4) is 0 Å². The monoisotopic (exact) mass is 328 g/mol. The minimum Gasteiger partial charge on any atom is -0.311 e. The van der Waals surface area contributed by atoms with Gasteiger partial charge in [0.1, 0.15) is 0 Å². The highest BCUT2D eigenvalue weighted by Crippen LogP contribution is 2.25. The van der Waals surface area contributed by atoms with E-state index in [9.17, 15) is 9.59 Å². The van der Waals surface area contributed by atoms with Crippen molar-refractivity contribution in [3.8, 4) is 0 Å². The molecule has 0 spiro atoms. The van der Waals surface area contributed by atoms with Crippen LogP contribution in [0.25, 0.3) is 11.2 Å². The van der Waals surface area contributed by atoms with Gasteiger partial charge in [0, 0.05) is 23.9 Å². The summed E-state index contributed by atoms with van der Waals surface area (Å²) in [4.78, 5) is 30.5. The number of aryl methyl sites for hydroxylation is 1. The number of nitrogens with zero attached hydrogens (tertiary/aromatic N) is 3. The number of thioether (sulfide) groups is 1. The summed E-state index contributed by atoms with van der Waals surface area (Å²) in [5.74, 6) is 0.650. The first-order chi connectivity index (χ1) is 9.82. The molecule has 114 valence electrons. The molecule has 0 bridgehead atoms. The van der Waals surface area contributed by atoms with E-state index in [0.29, 0.717) is 27.1 Å². The second kappa shape index (κ2) is 6.11. The smallest absolute Gasteiger partial charge is 0.311 e. The van der Waals surface area contributed by atoms with Gasteiger partial charge in [-0.15, -0.1) is 0 Å². The molecular weight excluding hydrogens is 312 g/mol. The van der Waals surface area contributed by atoms with E-state index in [4.69, 9.17) is 11.6 Å². The van der Waals surface area contributed by atoms with E-state index < -0.39 is 11.2 Å². The summed E-state index contributed by atoms with van der Waals surface area (Å²) in [7, 11) is 1.59. The van der Waals surface area contributed by atoms with Crippen LogP contribution in [0.15, 0.2) is 25.9 Å². The van der Waals surface area contributed by atoms with Gasteiger partial charge in [-0.25, -0.2) is 9.78 Å². The van der Waals surface area contributed by atoms with Crippen molar-refractivity contribution in [1.82, 2.24) is 19.1 Å². The van der Waals surface area contributed by atoms with E-state index in [1.54, 1.807) is 7.05 Å². The molecule has 0 aliphatic carbocycles. The molecule has 0 aromatic carbocycles. The Morgan fingerprint density at radius 1 is 1.48 bits per heavy atom. The van der Waals surface area contributed by atoms with Gasteiger partial charge in [-0.3, -0.25) is 14.3 Å². The number of halogens is 1. The molecule has 0 fully saturated rings. The molecule has 0 saturated heterocycles. The number of H-pyrrole nitrogens is 1. The van der Waals surface area contributed by atoms with Crippen molar-refractivity contribution in [3.63, 3.8) is 0 Å². The first-order valence-electron chi connectivity index (χ1n) is 6.49. The standard InChI is InChI=1S/C13H17ClN4O2S/c1-7(2)18-9-10(17(4)12(20)16-11(9)19)15-13(18)21-6-5-8(3)14/h5,7H,6H2,1-4H3,(H,16,19,20)/b8-5+.